The highest BCUT2D eigenvalue weighted by Crippen LogP contribution is 2.20. The minimum absolute atomic E-state index is 0.00553. The fourth-order valence-electron chi connectivity index (χ4n) is 13.3. The zero-order valence-corrected chi connectivity index (χ0v) is 76.0. The molecule has 0 atom stereocenters. The Morgan fingerprint density at radius 2 is 0.380 bits per heavy atom. The molecule has 0 saturated heterocycles. The predicted molar refractivity (Wildman–Crippen MR) is 478 cm³/mol. The Kier molecular flexibility index (Phi) is 55.3. The van der Waals surface area contributed by atoms with E-state index < -0.39 is 0 Å². The first-order valence-electron chi connectivity index (χ1n) is 43.9. The van der Waals surface area contributed by atoms with Crippen LogP contribution in [0.2, 0.25) is 0 Å². The van der Waals surface area contributed by atoms with Gasteiger partial charge in [-0.1, -0.05) is 72.8 Å². The van der Waals surface area contributed by atoms with E-state index >= 15 is 0 Å². The van der Waals surface area contributed by atoms with Gasteiger partial charge in [0.2, 0.25) is 70.9 Å². The first kappa shape index (κ1) is 106. The zero-order chi connectivity index (χ0) is 89.3. The van der Waals surface area contributed by atoms with Crippen molar-refractivity contribution in [1.29, 1.82) is 0 Å². The van der Waals surface area contributed by atoms with Gasteiger partial charge in [-0.3, -0.25) is 57.5 Å². The molecule has 12 amide bonds. The summed E-state index contributed by atoms with van der Waals surface area (Å²) < 4.78 is 0. The van der Waals surface area contributed by atoms with E-state index in [1.165, 1.54) is 0 Å². The second-order valence-electron chi connectivity index (χ2n) is 33.2. The van der Waals surface area contributed by atoms with Crippen molar-refractivity contribution in [1.82, 2.24) is 90.7 Å². The lowest BCUT2D eigenvalue weighted by molar-refractivity contribution is -0.135. The highest BCUT2D eigenvalue weighted by molar-refractivity contribution is 5.87. The van der Waals surface area contributed by atoms with Gasteiger partial charge in [-0.05, 0) is 228 Å². The summed E-state index contributed by atoms with van der Waals surface area (Å²) in [5.41, 5.74) is 11.0. The number of hydrogen-bond donors (Lipinski definition) is 7. The monoisotopic (exact) mass is 1690 g/mol. The molecule has 0 aliphatic rings. The molecule has 0 unspecified atom stereocenters. The highest BCUT2D eigenvalue weighted by atomic mass is 16.2. The average Bonchev–Trinajstić information content (AvgIpc) is 0.875. The lowest BCUT2D eigenvalue weighted by Gasteiger charge is -2.26. The summed E-state index contributed by atoms with van der Waals surface area (Å²) in [5.74, 6) is -2.37. The topological polar surface area (TPSA) is 342 Å². The van der Waals surface area contributed by atoms with Crippen LogP contribution < -0.4 is 37.6 Å². The first-order chi connectivity index (χ1) is 57.8. The fraction of sp³-hybridized carbons (Fsp3) is 0.667. The third-order valence-electron chi connectivity index (χ3n) is 20.4. The van der Waals surface area contributed by atoms with E-state index in [-0.39, 0.29) is 187 Å². The van der Waals surface area contributed by atoms with Crippen molar-refractivity contribution in [2.45, 2.75) is 187 Å². The van der Waals surface area contributed by atoms with E-state index in [4.69, 9.17) is 5.73 Å². The Balaban J connectivity index is 1.91. The molecule has 0 radical (unpaired) electrons. The molecule has 680 valence electrons. The number of nitrogens with one attached hydrogen (secondary N) is 6. The van der Waals surface area contributed by atoms with Gasteiger partial charge in [0.25, 0.3) is 0 Å². The third-order valence-corrected chi connectivity index (χ3v) is 20.4. The molecule has 0 fully saturated rings. The average molecular weight is 1690 g/mol. The number of amides is 12. The number of nitrogens with two attached hydrogens (primary N) is 1. The second kappa shape index (κ2) is 63.0. The lowest BCUT2D eigenvalue weighted by Crippen LogP contribution is -2.36. The summed E-state index contributed by atoms with van der Waals surface area (Å²) in [7, 11) is 23.6. The van der Waals surface area contributed by atoms with Crippen LogP contribution in [0.1, 0.15) is 182 Å². The summed E-state index contributed by atoms with van der Waals surface area (Å²) in [5, 5.41) is 17.6. The number of carbonyl (C=O) groups excluding carboxylic acids is 12. The van der Waals surface area contributed by atoms with E-state index in [0.29, 0.717) is 111 Å². The van der Waals surface area contributed by atoms with Gasteiger partial charge in [-0.15, -0.1) is 0 Å². The molecule has 0 aliphatic carbocycles. The normalized spacial score (nSPS) is 11.3. The summed E-state index contributed by atoms with van der Waals surface area (Å²) in [6.07, 6.45) is 6.83. The number of carbonyl (C=O) groups is 12. The second-order valence-corrected chi connectivity index (χ2v) is 33.2. The molecule has 0 spiro atoms. The molecule has 0 bridgehead atoms. The number of benzene rings is 3. The third kappa shape index (κ3) is 51.5. The zero-order valence-electron chi connectivity index (χ0n) is 76.0. The largest absolute Gasteiger partial charge is 0.356 e. The smallest absolute Gasteiger partial charge is 0.223 e. The van der Waals surface area contributed by atoms with Gasteiger partial charge in [0.05, 0.1) is 0 Å². The van der Waals surface area contributed by atoms with Crippen LogP contribution in [0, 0.1) is 0 Å². The molecule has 0 aliphatic heterocycles. The van der Waals surface area contributed by atoms with Gasteiger partial charge in [-0.25, -0.2) is 0 Å². The van der Waals surface area contributed by atoms with Crippen molar-refractivity contribution in [2.24, 2.45) is 5.73 Å². The van der Waals surface area contributed by atoms with Crippen LogP contribution in [0.15, 0.2) is 72.8 Å². The van der Waals surface area contributed by atoms with Crippen molar-refractivity contribution in [3.05, 3.63) is 106 Å². The molecule has 121 heavy (non-hydrogen) atoms. The van der Waals surface area contributed by atoms with Gasteiger partial charge in [0.15, 0.2) is 0 Å². The Bertz CT molecular complexity index is 3510. The first-order valence-corrected chi connectivity index (χ1v) is 43.9. The van der Waals surface area contributed by atoms with Gasteiger partial charge >= 0.3 is 0 Å². The molecule has 3 aromatic carbocycles. The van der Waals surface area contributed by atoms with Crippen LogP contribution in [0.3, 0.4) is 0 Å². The number of hydrogen-bond acceptors (Lipinski definition) is 19. The minimum atomic E-state index is -0.227. The molecule has 0 heterocycles. The number of rotatable bonds is 67. The predicted octanol–water partition coefficient (Wildman–Crippen LogP) is 4.69. The quantitative estimate of drug-likeness (QED) is 0.0377. The molecule has 3 rings (SSSR count). The molecule has 0 aromatic heterocycles. The maximum atomic E-state index is 14.4. The molecular weight excluding hydrogens is 1540 g/mol. The van der Waals surface area contributed by atoms with Gasteiger partial charge < -0.3 is 96.4 Å². The van der Waals surface area contributed by atoms with E-state index in [1.807, 2.05) is 194 Å². The Morgan fingerprint density at radius 3 is 0.537 bits per heavy atom. The van der Waals surface area contributed by atoms with Gasteiger partial charge in [0, 0.05) is 201 Å². The molecule has 3 aromatic rings. The van der Waals surface area contributed by atoms with Crippen molar-refractivity contribution in [2.75, 3.05) is 209 Å². The highest BCUT2D eigenvalue weighted by Gasteiger charge is 2.24. The lowest BCUT2D eigenvalue weighted by atomic mass is 10.1. The van der Waals surface area contributed by atoms with E-state index in [0.717, 1.165) is 111 Å². The maximum Gasteiger partial charge on any atom is 0.223 e. The Labute approximate surface area is 724 Å². The van der Waals surface area contributed by atoms with Crippen molar-refractivity contribution >= 4 is 70.9 Å². The van der Waals surface area contributed by atoms with Crippen LogP contribution in [0.25, 0.3) is 0 Å². The van der Waals surface area contributed by atoms with Gasteiger partial charge in [0.1, 0.15) is 0 Å². The van der Waals surface area contributed by atoms with E-state index in [1.54, 1.807) is 29.4 Å². The summed E-state index contributed by atoms with van der Waals surface area (Å²) >= 11 is 0. The Hall–Kier alpha value is -8.98. The summed E-state index contributed by atoms with van der Waals surface area (Å²) in [6, 6.07) is 23.1. The molecule has 31 heteroatoms. The summed E-state index contributed by atoms with van der Waals surface area (Å²) in [6.45, 7) is 13.5. The van der Waals surface area contributed by atoms with Crippen LogP contribution in [0.5, 0.6) is 0 Å². The molecule has 0 saturated carbocycles. The maximum absolute atomic E-state index is 14.4. The molecular formula is C90H153N19O12. The molecule has 31 nitrogen and oxygen atoms in total. The number of unbranched alkanes of at least 4 members (excludes halogenated alkanes) is 2. The van der Waals surface area contributed by atoms with Crippen LogP contribution in [0.4, 0.5) is 0 Å². The van der Waals surface area contributed by atoms with Crippen molar-refractivity contribution in [3.8, 4) is 0 Å². The SMILES string of the molecule is CCN(Cc1ccc(CN(CCCCN(Cc2ccc(CN(CCCCN(Cc3ccc(CN(CCN)C(=O)CCC(=O)NCCCN(C)C)cc3)C(=O)CCC(=O)NCCCN(C)C)C(=O)CCC(=O)NCCCN(C)C)cc2)C(=O)CCC(=O)NCCCN(C)C)C(=O)CCC(=O)NCCCN(C)C)cc1)C(=O)CCC(=O)NCCCN(C)C. The van der Waals surface area contributed by atoms with Crippen molar-refractivity contribution in [3.63, 3.8) is 0 Å². The Morgan fingerprint density at radius 1 is 0.223 bits per heavy atom. The number of nitrogens with zero attached hydrogens (tertiary/aromatic N) is 12. The van der Waals surface area contributed by atoms with E-state index in [2.05, 4.69) is 31.9 Å². The van der Waals surface area contributed by atoms with Crippen LogP contribution >= 0.6 is 0 Å². The summed E-state index contributed by atoms with van der Waals surface area (Å²) in [4.78, 5) is 184. The van der Waals surface area contributed by atoms with Crippen LogP contribution in [-0.4, -0.2) is 339 Å². The minimum Gasteiger partial charge on any atom is -0.356 e. The van der Waals surface area contributed by atoms with Crippen LogP contribution in [-0.2, 0) is 96.8 Å². The fourth-order valence-corrected chi connectivity index (χ4v) is 13.3. The van der Waals surface area contributed by atoms with Crippen molar-refractivity contribution < 1.29 is 57.5 Å². The van der Waals surface area contributed by atoms with E-state index in [9.17, 15) is 57.5 Å². The van der Waals surface area contributed by atoms with Gasteiger partial charge in [-0.2, -0.15) is 0 Å². The standard InChI is InChI=1S/C90H153N19O12/c1-14-104(85(116)43-37-79(110)92-50-19-56-98(2)3)67-73-25-27-74(28-26-73)68-105(86(117)44-38-80(111)93-51-20-57-99(4)5)62-15-16-63-106(87(118)45-39-81(112)94-52-21-58-100(6)7)69-75-29-31-76(32-30-75)70-107(88(119)46-40-82(113)95-53-22-59-101(8)9)64-17-18-65-108(89(120)47-41-83(114)96-54-23-60-102(10)11)71-77-33-35-78(36-34-77)72-109(66-49-91)90(121)48-42-84(115)97-55-24-61-103(12)13/h25-36H,14-24,37-72,91H2,1-13H3,(H,92,110)(H,93,111)(H,94,112)(H,95,113)(H,96,114)(H,97,115). The molecule has 8 N–H and O–H groups in total.